The predicted octanol–water partition coefficient (Wildman–Crippen LogP) is -0.343. The van der Waals surface area contributed by atoms with Crippen molar-refractivity contribution in [1.29, 1.82) is 5.26 Å². The molecule has 0 bridgehead atoms. The summed E-state index contributed by atoms with van der Waals surface area (Å²) in [6, 6.07) is 1.73. The first kappa shape index (κ1) is 12.0. The van der Waals surface area contributed by atoms with Crippen LogP contribution in [0.3, 0.4) is 0 Å². The van der Waals surface area contributed by atoms with Gasteiger partial charge in [-0.25, -0.2) is 4.79 Å². The van der Waals surface area contributed by atoms with Crippen LogP contribution in [-0.4, -0.2) is 9.13 Å². The number of nitrogens with two attached hydrogens (primary N) is 1. The van der Waals surface area contributed by atoms with Gasteiger partial charge in [-0.1, -0.05) is 13.8 Å². The second-order valence-corrected chi connectivity index (χ2v) is 4.02. The van der Waals surface area contributed by atoms with E-state index in [-0.39, 0.29) is 17.3 Å². The molecule has 0 saturated heterocycles. The number of nitrogens with zero attached hydrogens (tertiary/aromatic N) is 3. The Hall–Kier alpha value is -2.03. The molecule has 86 valence electrons. The molecule has 1 heterocycles. The lowest BCUT2D eigenvalue weighted by Gasteiger charge is -2.13. The van der Waals surface area contributed by atoms with Crippen molar-refractivity contribution in [2.24, 2.45) is 13.0 Å². The second kappa shape index (κ2) is 4.23. The van der Waals surface area contributed by atoms with Crippen molar-refractivity contribution >= 4 is 5.82 Å². The van der Waals surface area contributed by atoms with Gasteiger partial charge in [-0.2, -0.15) is 5.26 Å². The molecule has 16 heavy (non-hydrogen) atoms. The van der Waals surface area contributed by atoms with E-state index < -0.39 is 11.2 Å². The number of aromatic nitrogens is 2. The Morgan fingerprint density at radius 1 is 1.44 bits per heavy atom. The van der Waals surface area contributed by atoms with Crippen LogP contribution >= 0.6 is 0 Å². The summed E-state index contributed by atoms with van der Waals surface area (Å²) in [6.07, 6.45) is 0. The Kier molecular flexibility index (Phi) is 3.18. The molecule has 0 aromatic carbocycles. The van der Waals surface area contributed by atoms with Gasteiger partial charge in [0.15, 0.2) is 5.56 Å². The number of anilines is 1. The van der Waals surface area contributed by atoms with Gasteiger partial charge in [-0.3, -0.25) is 13.9 Å². The number of rotatable bonds is 2. The van der Waals surface area contributed by atoms with Crippen molar-refractivity contribution in [2.75, 3.05) is 5.73 Å². The quantitative estimate of drug-likeness (QED) is 0.740. The van der Waals surface area contributed by atoms with Crippen LogP contribution in [0, 0.1) is 17.2 Å². The van der Waals surface area contributed by atoms with Gasteiger partial charge in [0.05, 0.1) is 0 Å². The van der Waals surface area contributed by atoms with Gasteiger partial charge in [0, 0.05) is 13.6 Å². The van der Waals surface area contributed by atoms with Crippen LogP contribution in [0.15, 0.2) is 9.59 Å². The van der Waals surface area contributed by atoms with Crippen molar-refractivity contribution in [1.82, 2.24) is 9.13 Å². The van der Waals surface area contributed by atoms with Gasteiger partial charge in [0.1, 0.15) is 11.9 Å². The number of nitrogen functional groups attached to an aromatic ring is 1. The highest BCUT2D eigenvalue weighted by Gasteiger charge is 2.15. The highest BCUT2D eigenvalue weighted by molar-refractivity contribution is 5.47. The fourth-order valence-electron chi connectivity index (χ4n) is 1.43. The second-order valence-electron chi connectivity index (χ2n) is 4.02. The first-order chi connectivity index (χ1) is 7.40. The molecule has 0 radical (unpaired) electrons. The summed E-state index contributed by atoms with van der Waals surface area (Å²) in [7, 11) is 1.34. The molecule has 0 spiro atoms. The van der Waals surface area contributed by atoms with E-state index >= 15 is 0 Å². The molecule has 0 fully saturated rings. The molecule has 1 rings (SSSR count). The van der Waals surface area contributed by atoms with Crippen LogP contribution in [0.5, 0.6) is 0 Å². The molecule has 0 amide bonds. The summed E-state index contributed by atoms with van der Waals surface area (Å²) in [5.74, 6) is 0.147. The minimum absolute atomic E-state index is 0.0516. The molecule has 1 aromatic rings. The summed E-state index contributed by atoms with van der Waals surface area (Å²) >= 11 is 0. The zero-order valence-corrected chi connectivity index (χ0v) is 9.52. The molecule has 0 aliphatic carbocycles. The third-order valence-corrected chi connectivity index (χ3v) is 2.24. The number of hydrogen-bond donors (Lipinski definition) is 1. The minimum Gasteiger partial charge on any atom is -0.384 e. The normalized spacial score (nSPS) is 10.4. The largest absolute Gasteiger partial charge is 0.384 e. The average molecular weight is 222 g/mol. The van der Waals surface area contributed by atoms with Crippen LogP contribution in [0.25, 0.3) is 0 Å². The summed E-state index contributed by atoms with van der Waals surface area (Å²) in [4.78, 5) is 23.3. The molecule has 6 nitrogen and oxygen atoms in total. The lowest BCUT2D eigenvalue weighted by molar-refractivity contribution is 0.492. The summed E-state index contributed by atoms with van der Waals surface area (Å²) in [5.41, 5.74) is 4.32. The lowest BCUT2D eigenvalue weighted by atomic mass is 10.2. The van der Waals surface area contributed by atoms with Crippen molar-refractivity contribution in [3.63, 3.8) is 0 Å². The third-order valence-electron chi connectivity index (χ3n) is 2.24. The molecule has 6 heteroatoms. The van der Waals surface area contributed by atoms with E-state index in [1.165, 1.54) is 11.6 Å². The number of nitriles is 1. The Labute approximate surface area is 92.5 Å². The van der Waals surface area contributed by atoms with Gasteiger partial charge >= 0.3 is 5.69 Å². The molecular weight excluding hydrogens is 208 g/mol. The monoisotopic (exact) mass is 222 g/mol. The molecule has 0 atom stereocenters. The predicted molar refractivity (Wildman–Crippen MR) is 59.9 cm³/mol. The summed E-state index contributed by atoms with van der Waals surface area (Å²) in [5, 5.41) is 8.81. The van der Waals surface area contributed by atoms with E-state index in [0.29, 0.717) is 6.54 Å². The first-order valence-corrected chi connectivity index (χ1v) is 4.89. The van der Waals surface area contributed by atoms with Crippen molar-refractivity contribution in [2.45, 2.75) is 20.4 Å². The maximum atomic E-state index is 11.8. The Morgan fingerprint density at radius 2 is 2.00 bits per heavy atom. The molecule has 0 unspecified atom stereocenters. The highest BCUT2D eigenvalue weighted by atomic mass is 16.2. The Bertz CT molecular complexity index is 560. The molecule has 1 aromatic heterocycles. The first-order valence-electron chi connectivity index (χ1n) is 4.89. The SMILES string of the molecule is CC(C)Cn1c(N)c(C#N)c(=O)n(C)c1=O. The lowest BCUT2D eigenvalue weighted by Crippen LogP contribution is -2.41. The van der Waals surface area contributed by atoms with Crippen LogP contribution in [-0.2, 0) is 13.6 Å². The van der Waals surface area contributed by atoms with E-state index in [1.54, 1.807) is 6.07 Å². The topological polar surface area (TPSA) is 93.8 Å². The van der Waals surface area contributed by atoms with Crippen LogP contribution in [0.2, 0.25) is 0 Å². The van der Waals surface area contributed by atoms with Crippen LogP contribution < -0.4 is 17.0 Å². The van der Waals surface area contributed by atoms with Gasteiger partial charge < -0.3 is 5.73 Å². The summed E-state index contributed by atoms with van der Waals surface area (Å²) in [6.45, 7) is 4.22. The summed E-state index contributed by atoms with van der Waals surface area (Å²) < 4.78 is 2.15. The zero-order chi connectivity index (χ0) is 12.5. The smallest absolute Gasteiger partial charge is 0.332 e. The Balaban J connectivity index is 3.64. The molecule has 0 aliphatic rings. The van der Waals surface area contributed by atoms with Gasteiger partial charge in [-0.15, -0.1) is 0 Å². The number of hydrogen-bond acceptors (Lipinski definition) is 4. The van der Waals surface area contributed by atoms with Crippen LogP contribution in [0.4, 0.5) is 5.82 Å². The van der Waals surface area contributed by atoms with E-state index in [9.17, 15) is 9.59 Å². The van der Waals surface area contributed by atoms with Gasteiger partial charge in [0.2, 0.25) is 0 Å². The van der Waals surface area contributed by atoms with Crippen molar-refractivity contribution in [3.8, 4) is 6.07 Å². The standard InChI is InChI=1S/C10H14N4O2/c1-6(2)5-14-8(12)7(4-11)9(15)13(3)10(14)16/h6H,5,12H2,1-3H3. The minimum atomic E-state index is -0.648. The average Bonchev–Trinajstić information content (AvgIpc) is 2.22. The molecule has 2 N–H and O–H groups in total. The molecule has 0 aliphatic heterocycles. The van der Waals surface area contributed by atoms with E-state index in [2.05, 4.69) is 0 Å². The van der Waals surface area contributed by atoms with E-state index in [4.69, 9.17) is 11.0 Å². The van der Waals surface area contributed by atoms with E-state index in [1.807, 2.05) is 13.8 Å². The maximum Gasteiger partial charge on any atom is 0.332 e. The zero-order valence-electron chi connectivity index (χ0n) is 9.52. The van der Waals surface area contributed by atoms with E-state index in [0.717, 1.165) is 4.57 Å². The molecular formula is C10H14N4O2. The fraction of sp³-hybridized carbons (Fsp3) is 0.500. The maximum absolute atomic E-state index is 11.8. The van der Waals surface area contributed by atoms with Crippen LogP contribution in [0.1, 0.15) is 19.4 Å². The third kappa shape index (κ3) is 1.84. The van der Waals surface area contributed by atoms with Crippen molar-refractivity contribution < 1.29 is 0 Å². The van der Waals surface area contributed by atoms with Gasteiger partial charge in [-0.05, 0) is 5.92 Å². The molecule has 0 saturated carbocycles. The van der Waals surface area contributed by atoms with Crippen molar-refractivity contribution in [3.05, 3.63) is 26.4 Å². The fourth-order valence-corrected chi connectivity index (χ4v) is 1.43. The Morgan fingerprint density at radius 3 is 2.44 bits per heavy atom. The highest BCUT2D eigenvalue weighted by Crippen LogP contribution is 2.05. The van der Waals surface area contributed by atoms with Gasteiger partial charge in [0.25, 0.3) is 5.56 Å².